The maximum absolute atomic E-state index is 12.9. The predicted molar refractivity (Wildman–Crippen MR) is 93.3 cm³/mol. The number of hydrogen-bond donors (Lipinski definition) is 0. The van der Waals surface area contributed by atoms with Crippen LogP contribution in [0.15, 0.2) is 18.2 Å². The number of aromatic nitrogens is 1. The van der Waals surface area contributed by atoms with Crippen LogP contribution in [0.4, 0.5) is 5.13 Å². The number of rotatable bonds is 4. The zero-order valence-corrected chi connectivity index (χ0v) is 14.4. The number of nitrogens with zero attached hydrogens (tertiary/aromatic N) is 2. The molecule has 1 aromatic heterocycles. The zero-order valence-electron chi connectivity index (χ0n) is 12.8. The molecule has 4 rings (SSSR count). The number of fused-ring (bicyclic) bond motifs is 1. The van der Waals surface area contributed by atoms with Gasteiger partial charge in [-0.25, -0.2) is 4.98 Å². The van der Waals surface area contributed by atoms with E-state index in [-0.39, 0.29) is 17.9 Å². The third kappa shape index (κ3) is 3.10. The Bertz CT molecular complexity index is 722. The molecule has 23 heavy (non-hydrogen) atoms. The number of halogens is 1. The summed E-state index contributed by atoms with van der Waals surface area (Å²) in [5.74, 6) is 0.365. The van der Waals surface area contributed by atoms with Gasteiger partial charge in [-0.1, -0.05) is 29.4 Å². The smallest absolute Gasteiger partial charge is 0.231 e. The molecule has 1 unspecified atom stereocenters. The van der Waals surface area contributed by atoms with Crippen LogP contribution in [0.5, 0.6) is 0 Å². The van der Waals surface area contributed by atoms with Crippen molar-refractivity contribution in [2.24, 2.45) is 5.92 Å². The molecule has 2 heterocycles. The van der Waals surface area contributed by atoms with Crippen LogP contribution >= 0.6 is 22.9 Å². The van der Waals surface area contributed by atoms with Crippen LogP contribution in [0.1, 0.15) is 32.1 Å². The first-order valence-corrected chi connectivity index (χ1v) is 9.39. The molecule has 1 saturated heterocycles. The topological polar surface area (TPSA) is 42.4 Å². The van der Waals surface area contributed by atoms with Gasteiger partial charge in [0.25, 0.3) is 0 Å². The van der Waals surface area contributed by atoms with E-state index in [0.717, 1.165) is 54.1 Å². The highest BCUT2D eigenvalue weighted by Gasteiger charge is 2.33. The van der Waals surface area contributed by atoms with Gasteiger partial charge < -0.3 is 4.74 Å². The Morgan fingerprint density at radius 3 is 2.91 bits per heavy atom. The minimum atomic E-state index is 0.134. The van der Waals surface area contributed by atoms with Crippen molar-refractivity contribution in [3.63, 3.8) is 0 Å². The maximum atomic E-state index is 12.9. The molecule has 1 aliphatic carbocycles. The summed E-state index contributed by atoms with van der Waals surface area (Å²) >= 11 is 7.61. The molecule has 0 N–H and O–H groups in total. The molecule has 6 heteroatoms. The van der Waals surface area contributed by atoms with E-state index >= 15 is 0 Å². The number of carbonyl (C=O) groups is 1. The normalized spacial score (nSPS) is 21.5. The number of thiazole rings is 1. The highest BCUT2D eigenvalue weighted by Crippen LogP contribution is 2.35. The van der Waals surface area contributed by atoms with Crippen LogP contribution in [0.3, 0.4) is 0 Å². The van der Waals surface area contributed by atoms with Crippen LogP contribution in [0.2, 0.25) is 5.02 Å². The first kappa shape index (κ1) is 15.4. The first-order chi connectivity index (χ1) is 11.2. The second-order valence-corrected chi connectivity index (χ2v) is 7.77. The van der Waals surface area contributed by atoms with Crippen LogP contribution in [0, 0.1) is 5.92 Å². The minimum Gasteiger partial charge on any atom is -0.376 e. The summed E-state index contributed by atoms with van der Waals surface area (Å²) in [5, 5.41) is 1.47. The molecule has 0 bridgehead atoms. The van der Waals surface area contributed by atoms with Crippen LogP contribution in [-0.4, -0.2) is 30.1 Å². The van der Waals surface area contributed by atoms with Gasteiger partial charge in [-0.2, -0.15) is 0 Å². The highest BCUT2D eigenvalue weighted by molar-refractivity contribution is 7.22. The summed E-state index contributed by atoms with van der Waals surface area (Å²) < 4.78 is 6.76. The average molecular weight is 351 g/mol. The van der Waals surface area contributed by atoms with Crippen molar-refractivity contribution in [1.29, 1.82) is 0 Å². The molecule has 2 aromatic rings. The van der Waals surface area contributed by atoms with Crippen molar-refractivity contribution in [3.05, 3.63) is 23.2 Å². The van der Waals surface area contributed by atoms with Crippen LogP contribution in [0.25, 0.3) is 10.2 Å². The molecule has 4 nitrogen and oxygen atoms in total. The van der Waals surface area contributed by atoms with Crippen molar-refractivity contribution < 1.29 is 9.53 Å². The molecular weight excluding hydrogens is 332 g/mol. The lowest BCUT2D eigenvalue weighted by atomic mass is 9.84. The Balaban J connectivity index is 1.65. The third-order valence-corrected chi connectivity index (χ3v) is 5.98. The number of amides is 1. The van der Waals surface area contributed by atoms with E-state index in [1.807, 2.05) is 23.1 Å². The van der Waals surface area contributed by atoms with Crippen molar-refractivity contribution in [3.8, 4) is 0 Å². The molecule has 2 aliphatic rings. The lowest BCUT2D eigenvalue weighted by Crippen LogP contribution is -2.43. The Hall–Kier alpha value is -1.17. The summed E-state index contributed by atoms with van der Waals surface area (Å²) in [7, 11) is 0. The van der Waals surface area contributed by atoms with Crippen LogP contribution < -0.4 is 4.90 Å². The number of ether oxygens (including phenoxy) is 1. The van der Waals surface area contributed by atoms with Gasteiger partial charge in [0, 0.05) is 17.5 Å². The largest absolute Gasteiger partial charge is 0.376 e. The van der Waals surface area contributed by atoms with E-state index in [1.54, 1.807) is 0 Å². The third-order valence-electron chi connectivity index (χ3n) is 4.70. The molecule has 0 spiro atoms. The van der Waals surface area contributed by atoms with Gasteiger partial charge in [0.15, 0.2) is 5.13 Å². The van der Waals surface area contributed by atoms with E-state index in [9.17, 15) is 4.79 Å². The lowest BCUT2D eigenvalue weighted by Gasteiger charge is -2.31. The summed E-state index contributed by atoms with van der Waals surface area (Å²) in [6, 6.07) is 5.66. The standard InChI is InChI=1S/C17H19ClN2O2S/c18-12-6-7-14-15(9-12)23-17(19-14)20(10-13-5-2-8-22-13)16(21)11-3-1-4-11/h6-7,9,11,13H,1-5,8,10H2. The van der Waals surface area contributed by atoms with Gasteiger partial charge in [0.1, 0.15) is 0 Å². The molecule has 1 atom stereocenters. The average Bonchev–Trinajstić information content (AvgIpc) is 3.11. The number of benzene rings is 1. The molecule has 1 amide bonds. The SMILES string of the molecule is O=C(C1CCC1)N(CC1CCCO1)c1nc2ccc(Cl)cc2s1. The molecule has 1 saturated carbocycles. The summed E-state index contributed by atoms with van der Waals surface area (Å²) in [6.07, 6.45) is 5.38. The number of anilines is 1. The summed E-state index contributed by atoms with van der Waals surface area (Å²) in [5.41, 5.74) is 0.896. The van der Waals surface area contributed by atoms with E-state index in [4.69, 9.17) is 16.3 Å². The van der Waals surface area contributed by atoms with E-state index < -0.39 is 0 Å². The van der Waals surface area contributed by atoms with Crippen molar-refractivity contribution in [2.75, 3.05) is 18.1 Å². The van der Waals surface area contributed by atoms with E-state index in [2.05, 4.69) is 4.98 Å². The molecule has 122 valence electrons. The van der Waals surface area contributed by atoms with E-state index in [1.165, 1.54) is 11.3 Å². The van der Waals surface area contributed by atoms with Gasteiger partial charge in [-0.15, -0.1) is 0 Å². The Kier molecular flexibility index (Phi) is 4.26. The number of carbonyl (C=O) groups excluding carboxylic acids is 1. The second kappa shape index (κ2) is 6.38. The Labute approximate surface area is 144 Å². The molecule has 1 aromatic carbocycles. The molecule has 2 fully saturated rings. The fraction of sp³-hybridized carbons (Fsp3) is 0.529. The Morgan fingerprint density at radius 1 is 1.35 bits per heavy atom. The van der Waals surface area contributed by atoms with Crippen LogP contribution in [-0.2, 0) is 9.53 Å². The van der Waals surface area contributed by atoms with Crippen molar-refractivity contribution in [1.82, 2.24) is 4.98 Å². The van der Waals surface area contributed by atoms with Gasteiger partial charge in [0.05, 0.1) is 22.9 Å². The van der Waals surface area contributed by atoms with Gasteiger partial charge >= 0.3 is 0 Å². The highest BCUT2D eigenvalue weighted by atomic mass is 35.5. The monoisotopic (exact) mass is 350 g/mol. The minimum absolute atomic E-state index is 0.134. The summed E-state index contributed by atoms with van der Waals surface area (Å²) in [6.45, 7) is 1.41. The second-order valence-electron chi connectivity index (χ2n) is 6.32. The molecule has 1 aliphatic heterocycles. The van der Waals surface area contributed by atoms with Gasteiger partial charge in [-0.05, 0) is 43.9 Å². The van der Waals surface area contributed by atoms with Gasteiger partial charge in [0.2, 0.25) is 5.91 Å². The van der Waals surface area contributed by atoms with Gasteiger partial charge in [-0.3, -0.25) is 9.69 Å². The maximum Gasteiger partial charge on any atom is 0.231 e. The fourth-order valence-electron chi connectivity index (χ4n) is 3.13. The molecular formula is C17H19ClN2O2S. The Morgan fingerprint density at radius 2 is 2.22 bits per heavy atom. The summed E-state index contributed by atoms with van der Waals surface area (Å²) in [4.78, 5) is 19.4. The zero-order chi connectivity index (χ0) is 15.8. The van der Waals surface area contributed by atoms with Crippen molar-refractivity contribution in [2.45, 2.75) is 38.2 Å². The lowest BCUT2D eigenvalue weighted by molar-refractivity contribution is -0.125. The van der Waals surface area contributed by atoms with Crippen molar-refractivity contribution >= 4 is 44.2 Å². The van der Waals surface area contributed by atoms with E-state index in [0.29, 0.717) is 11.6 Å². The number of hydrogen-bond acceptors (Lipinski definition) is 4. The fourth-order valence-corrected chi connectivity index (χ4v) is 4.39. The predicted octanol–water partition coefficient (Wildman–Crippen LogP) is 4.26. The molecule has 0 radical (unpaired) electrons. The first-order valence-electron chi connectivity index (χ1n) is 8.20. The quantitative estimate of drug-likeness (QED) is 0.827.